The van der Waals surface area contributed by atoms with Gasteiger partial charge in [-0.2, -0.15) is 5.10 Å². The largest absolute Gasteiger partial charge is 0.469 e. The number of imidazole rings is 1. The number of hydrogen-bond donors (Lipinski definition) is 2. The normalized spacial score (nSPS) is 15.9. The van der Waals surface area contributed by atoms with Crippen LogP contribution in [0, 0.1) is 0 Å². The van der Waals surface area contributed by atoms with Gasteiger partial charge in [0.15, 0.2) is 5.82 Å². The van der Waals surface area contributed by atoms with E-state index in [1.807, 2.05) is 30.3 Å². The first-order valence-electron chi connectivity index (χ1n) is 9.20. The SMILES string of the molecule is Cn1nc(NC(=O)Cn2cnc3ccccc32)c2c1NC(=O)CC2c1ccco1. The summed E-state index contributed by atoms with van der Waals surface area (Å²) in [5.74, 6) is 0.968. The van der Waals surface area contributed by atoms with Crippen molar-refractivity contribution >= 4 is 34.5 Å². The molecule has 4 heterocycles. The lowest BCUT2D eigenvalue weighted by Gasteiger charge is -2.22. The average molecular weight is 390 g/mol. The Balaban J connectivity index is 1.45. The number of rotatable bonds is 4. The second kappa shape index (κ2) is 6.62. The summed E-state index contributed by atoms with van der Waals surface area (Å²) in [7, 11) is 1.72. The van der Waals surface area contributed by atoms with Gasteiger partial charge in [-0.05, 0) is 24.3 Å². The molecule has 4 aromatic rings. The van der Waals surface area contributed by atoms with Crippen LogP contribution in [0.25, 0.3) is 11.0 Å². The highest BCUT2D eigenvalue weighted by atomic mass is 16.3. The summed E-state index contributed by atoms with van der Waals surface area (Å²) in [4.78, 5) is 29.2. The number of carbonyl (C=O) groups is 2. The molecule has 0 aliphatic carbocycles. The summed E-state index contributed by atoms with van der Waals surface area (Å²) in [5.41, 5.74) is 2.45. The standard InChI is InChI=1S/C20H18N6O3/c1-25-20-18(12(9-16(27)23-20)15-7-4-8-29-15)19(24-25)22-17(28)10-26-11-21-13-5-2-3-6-14(13)26/h2-8,11-12H,9-10H2,1H3,(H,23,27)(H,22,24,28). The molecule has 2 amide bonds. The molecule has 146 valence electrons. The lowest BCUT2D eigenvalue weighted by Crippen LogP contribution is -2.25. The first-order chi connectivity index (χ1) is 14.1. The molecule has 5 rings (SSSR count). The highest BCUT2D eigenvalue weighted by molar-refractivity contribution is 5.98. The number of para-hydroxylation sites is 2. The van der Waals surface area contributed by atoms with Crippen molar-refractivity contribution in [1.29, 1.82) is 0 Å². The Morgan fingerprint density at radius 3 is 3.00 bits per heavy atom. The first-order valence-corrected chi connectivity index (χ1v) is 9.20. The van der Waals surface area contributed by atoms with Crippen LogP contribution in [0.2, 0.25) is 0 Å². The van der Waals surface area contributed by atoms with E-state index < -0.39 is 0 Å². The molecule has 1 aliphatic heterocycles. The fraction of sp³-hybridized carbons (Fsp3) is 0.200. The van der Waals surface area contributed by atoms with Gasteiger partial charge in [-0.25, -0.2) is 4.98 Å². The molecule has 1 unspecified atom stereocenters. The second-order valence-corrected chi connectivity index (χ2v) is 6.96. The van der Waals surface area contributed by atoms with E-state index >= 15 is 0 Å². The molecule has 0 bridgehead atoms. The number of furan rings is 1. The van der Waals surface area contributed by atoms with Crippen molar-refractivity contribution < 1.29 is 14.0 Å². The molecular weight excluding hydrogens is 372 g/mol. The third-order valence-electron chi connectivity index (χ3n) is 5.07. The zero-order chi connectivity index (χ0) is 20.0. The Hall–Kier alpha value is -3.88. The third kappa shape index (κ3) is 2.96. The summed E-state index contributed by atoms with van der Waals surface area (Å²) in [6, 6.07) is 11.2. The zero-order valence-electron chi connectivity index (χ0n) is 15.6. The summed E-state index contributed by atoms with van der Waals surface area (Å²) in [5, 5.41) is 10.1. The lowest BCUT2D eigenvalue weighted by atomic mass is 9.91. The van der Waals surface area contributed by atoms with Crippen LogP contribution < -0.4 is 10.6 Å². The van der Waals surface area contributed by atoms with Gasteiger partial charge < -0.3 is 19.6 Å². The summed E-state index contributed by atoms with van der Waals surface area (Å²) in [6.45, 7) is 0.101. The molecule has 0 spiro atoms. The average Bonchev–Trinajstić information content (AvgIpc) is 3.43. The molecule has 0 saturated carbocycles. The van der Waals surface area contributed by atoms with Crippen molar-refractivity contribution in [3.05, 3.63) is 60.3 Å². The maximum Gasteiger partial charge on any atom is 0.245 e. The van der Waals surface area contributed by atoms with E-state index in [9.17, 15) is 9.59 Å². The van der Waals surface area contributed by atoms with Gasteiger partial charge in [-0.15, -0.1) is 0 Å². The van der Waals surface area contributed by atoms with Crippen LogP contribution in [0.5, 0.6) is 0 Å². The Morgan fingerprint density at radius 1 is 1.31 bits per heavy atom. The predicted molar refractivity (Wildman–Crippen MR) is 105 cm³/mol. The second-order valence-electron chi connectivity index (χ2n) is 6.96. The van der Waals surface area contributed by atoms with Crippen molar-refractivity contribution in [3.8, 4) is 0 Å². The summed E-state index contributed by atoms with van der Waals surface area (Å²) < 4.78 is 8.88. The fourth-order valence-corrected chi connectivity index (χ4v) is 3.78. The quantitative estimate of drug-likeness (QED) is 0.557. The van der Waals surface area contributed by atoms with Crippen LogP contribution in [0.4, 0.5) is 11.6 Å². The smallest absolute Gasteiger partial charge is 0.245 e. The molecule has 0 saturated heterocycles. The van der Waals surface area contributed by atoms with Gasteiger partial charge in [0, 0.05) is 13.5 Å². The number of benzene rings is 1. The van der Waals surface area contributed by atoms with Crippen molar-refractivity contribution in [1.82, 2.24) is 19.3 Å². The molecule has 9 nitrogen and oxygen atoms in total. The number of nitrogens with zero attached hydrogens (tertiary/aromatic N) is 4. The number of aromatic nitrogens is 4. The molecule has 1 aromatic carbocycles. The molecule has 0 fully saturated rings. The van der Waals surface area contributed by atoms with Crippen LogP contribution in [-0.2, 0) is 23.2 Å². The van der Waals surface area contributed by atoms with Crippen molar-refractivity contribution in [2.75, 3.05) is 10.6 Å². The molecule has 0 radical (unpaired) electrons. The Morgan fingerprint density at radius 2 is 2.17 bits per heavy atom. The third-order valence-corrected chi connectivity index (χ3v) is 5.07. The number of aryl methyl sites for hydroxylation is 1. The van der Waals surface area contributed by atoms with Gasteiger partial charge >= 0.3 is 0 Å². The predicted octanol–water partition coefficient (Wildman–Crippen LogP) is 2.48. The Kier molecular flexibility index (Phi) is 3.94. The highest BCUT2D eigenvalue weighted by Crippen LogP contribution is 2.41. The van der Waals surface area contributed by atoms with Crippen LogP contribution in [0.15, 0.2) is 53.4 Å². The van der Waals surface area contributed by atoms with Crippen LogP contribution in [0.1, 0.15) is 23.7 Å². The number of nitrogens with one attached hydrogen (secondary N) is 2. The van der Waals surface area contributed by atoms with Crippen molar-refractivity contribution in [2.24, 2.45) is 7.05 Å². The highest BCUT2D eigenvalue weighted by Gasteiger charge is 2.35. The molecular formula is C20H18N6O3. The van der Waals surface area contributed by atoms with E-state index in [-0.39, 0.29) is 30.7 Å². The van der Waals surface area contributed by atoms with E-state index in [0.717, 1.165) is 16.6 Å². The Bertz CT molecular complexity index is 1220. The van der Waals surface area contributed by atoms with Gasteiger partial charge in [0.05, 0.1) is 35.1 Å². The van der Waals surface area contributed by atoms with Crippen LogP contribution >= 0.6 is 0 Å². The molecule has 9 heteroatoms. The summed E-state index contributed by atoms with van der Waals surface area (Å²) >= 11 is 0. The number of amides is 2. The fourth-order valence-electron chi connectivity index (χ4n) is 3.78. The lowest BCUT2D eigenvalue weighted by molar-refractivity contribution is -0.117. The molecule has 1 aliphatic rings. The van der Waals surface area contributed by atoms with Crippen molar-refractivity contribution in [3.63, 3.8) is 0 Å². The van der Waals surface area contributed by atoms with E-state index in [1.165, 1.54) is 0 Å². The maximum absolute atomic E-state index is 12.8. The van der Waals surface area contributed by atoms with Gasteiger partial charge in [0.25, 0.3) is 0 Å². The van der Waals surface area contributed by atoms with Gasteiger partial charge in [0.2, 0.25) is 11.8 Å². The molecule has 1 atom stereocenters. The topological polar surface area (TPSA) is 107 Å². The van der Waals surface area contributed by atoms with E-state index in [1.54, 1.807) is 35.0 Å². The Labute approximate surface area is 165 Å². The monoisotopic (exact) mass is 390 g/mol. The number of hydrogen-bond acceptors (Lipinski definition) is 5. The minimum absolute atomic E-state index is 0.101. The zero-order valence-corrected chi connectivity index (χ0v) is 15.6. The minimum Gasteiger partial charge on any atom is -0.469 e. The number of anilines is 2. The molecule has 3 aromatic heterocycles. The van der Waals surface area contributed by atoms with E-state index in [2.05, 4.69) is 20.7 Å². The maximum atomic E-state index is 12.8. The van der Waals surface area contributed by atoms with Crippen LogP contribution in [0.3, 0.4) is 0 Å². The van der Waals surface area contributed by atoms with Crippen LogP contribution in [-0.4, -0.2) is 31.1 Å². The van der Waals surface area contributed by atoms with E-state index in [0.29, 0.717) is 17.4 Å². The number of carbonyl (C=O) groups excluding carboxylic acids is 2. The van der Waals surface area contributed by atoms with Gasteiger partial charge in [-0.1, -0.05) is 12.1 Å². The molecule has 29 heavy (non-hydrogen) atoms. The van der Waals surface area contributed by atoms with Crippen molar-refractivity contribution in [2.45, 2.75) is 18.9 Å². The van der Waals surface area contributed by atoms with Gasteiger partial charge in [-0.3, -0.25) is 14.3 Å². The van der Waals surface area contributed by atoms with Gasteiger partial charge in [0.1, 0.15) is 18.1 Å². The minimum atomic E-state index is -0.313. The van der Waals surface area contributed by atoms with E-state index in [4.69, 9.17) is 4.42 Å². The summed E-state index contributed by atoms with van der Waals surface area (Å²) in [6.07, 6.45) is 3.44. The first kappa shape index (κ1) is 17.2. The number of fused-ring (bicyclic) bond motifs is 2. The molecule has 2 N–H and O–H groups in total.